The van der Waals surface area contributed by atoms with Gasteiger partial charge in [0.1, 0.15) is 0 Å². The molecule has 4 nitrogen and oxygen atoms in total. The third-order valence-corrected chi connectivity index (χ3v) is 4.07. The Morgan fingerprint density at radius 1 is 1.44 bits per heavy atom. The molecule has 2 atom stereocenters. The summed E-state index contributed by atoms with van der Waals surface area (Å²) >= 11 is 1.77. The molecule has 1 aliphatic heterocycles. The number of nitrogens with one attached hydrogen (secondary N) is 1. The molecule has 2 rings (SSSR count). The average Bonchev–Trinajstić information content (AvgIpc) is 2.93. The molecule has 2 unspecified atom stereocenters. The topological polar surface area (TPSA) is 51.0 Å². The number of halogens is 3. The van der Waals surface area contributed by atoms with Gasteiger partial charge in [-0.25, -0.2) is 0 Å². The number of thioether (sulfide) groups is 1. The van der Waals surface area contributed by atoms with E-state index in [1.165, 1.54) is 0 Å². The van der Waals surface area contributed by atoms with Crippen LogP contribution in [0.1, 0.15) is 24.1 Å². The second kappa shape index (κ2) is 5.48. The maximum absolute atomic E-state index is 12.1. The highest BCUT2D eigenvalue weighted by Crippen LogP contribution is 2.32. The lowest BCUT2D eigenvalue weighted by molar-refractivity contribution is -0.134. The predicted molar refractivity (Wildman–Crippen MR) is 61.6 cm³/mol. The van der Waals surface area contributed by atoms with Crippen LogP contribution in [0.15, 0.2) is 4.52 Å². The first-order valence-electron chi connectivity index (χ1n) is 5.64. The minimum Gasteiger partial charge on any atom is -0.339 e. The second-order valence-corrected chi connectivity index (χ2v) is 5.28. The number of hydrogen-bond acceptors (Lipinski definition) is 5. The summed E-state index contributed by atoms with van der Waals surface area (Å²) in [5, 5.41) is 6.76. The van der Waals surface area contributed by atoms with Gasteiger partial charge >= 0.3 is 6.18 Å². The molecule has 1 aliphatic rings. The lowest BCUT2D eigenvalue weighted by atomic mass is 10.0. The van der Waals surface area contributed by atoms with Gasteiger partial charge in [-0.3, -0.25) is 0 Å². The Kier molecular flexibility index (Phi) is 4.16. The first-order chi connectivity index (χ1) is 8.49. The Labute approximate surface area is 107 Å². The number of hydrogen-bond donors (Lipinski definition) is 1. The zero-order chi connectivity index (χ0) is 13.2. The van der Waals surface area contributed by atoms with Crippen molar-refractivity contribution in [2.75, 3.05) is 18.6 Å². The molecule has 1 aromatic rings. The van der Waals surface area contributed by atoms with E-state index in [1.54, 1.807) is 11.8 Å². The summed E-state index contributed by atoms with van der Waals surface area (Å²) in [6.07, 6.45) is -5.32. The molecule has 0 aromatic carbocycles. The molecule has 8 heteroatoms. The van der Waals surface area contributed by atoms with Gasteiger partial charge in [0.2, 0.25) is 5.89 Å². The predicted octanol–water partition coefficient (Wildman–Crippen LogP) is 1.98. The van der Waals surface area contributed by atoms with Gasteiger partial charge in [0.15, 0.2) is 5.82 Å². The lowest BCUT2D eigenvalue weighted by Crippen LogP contribution is -2.31. The summed E-state index contributed by atoms with van der Waals surface area (Å²) in [6, 6.07) is 0.242. The number of aryl methyl sites for hydroxylation is 1. The largest absolute Gasteiger partial charge is 0.389 e. The van der Waals surface area contributed by atoms with Crippen LogP contribution in [0, 0.1) is 0 Å². The summed E-state index contributed by atoms with van der Waals surface area (Å²) < 4.78 is 41.3. The van der Waals surface area contributed by atoms with Crippen LogP contribution in [0.2, 0.25) is 0 Å². The molecule has 1 fully saturated rings. The van der Waals surface area contributed by atoms with Crippen molar-refractivity contribution in [2.45, 2.75) is 31.0 Å². The average molecular weight is 281 g/mol. The van der Waals surface area contributed by atoms with Crippen molar-refractivity contribution in [1.29, 1.82) is 0 Å². The van der Waals surface area contributed by atoms with Crippen molar-refractivity contribution in [3.8, 4) is 0 Å². The molecule has 0 amide bonds. The fourth-order valence-electron chi connectivity index (χ4n) is 1.86. The number of nitrogens with zero attached hydrogens (tertiary/aromatic N) is 2. The number of likely N-dealkylation sites (N-methyl/N-ethyl adjacent to an activating group) is 1. The molecule has 0 radical (unpaired) electrons. The van der Waals surface area contributed by atoms with Crippen molar-refractivity contribution in [1.82, 2.24) is 15.5 Å². The Morgan fingerprint density at radius 2 is 2.22 bits per heavy atom. The fourth-order valence-corrected chi connectivity index (χ4v) is 3.27. The molecule has 18 heavy (non-hydrogen) atoms. The number of rotatable bonds is 4. The summed E-state index contributed by atoms with van der Waals surface area (Å²) in [7, 11) is 1.85. The molecule has 0 aliphatic carbocycles. The second-order valence-electron chi connectivity index (χ2n) is 4.20. The minimum absolute atomic E-state index is 0.0899. The van der Waals surface area contributed by atoms with E-state index in [-0.39, 0.29) is 24.2 Å². The van der Waals surface area contributed by atoms with Crippen LogP contribution in [-0.2, 0) is 6.42 Å². The smallest absolute Gasteiger partial charge is 0.339 e. The number of aromatic nitrogens is 2. The van der Waals surface area contributed by atoms with E-state index in [4.69, 9.17) is 4.52 Å². The van der Waals surface area contributed by atoms with Crippen molar-refractivity contribution in [2.24, 2.45) is 0 Å². The zero-order valence-corrected chi connectivity index (χ0v) is 10.6. The Bertz CT molecular complexity index is 396. The van der Waals surface area contributed by atoms with Gasteiger partial charge in [-0.2, -0.15) is 29.9 Å². The van der Waals surface area contributed by atoms with Gasteiger partial charge < -0.3 is 9.84 Å². The Hall–Kier alpha value is -0.760. The van der Waals surface area contributed by atoms with Crippen LogP contribution in [0.3, 0.4) is 0 Å². The maximum atomic E-state index is 12.1. The maximum Gasteiger partial charge on any atom is 0.389 e. The van der Waals surface area contributed by atoms with Gasteiger partial charge in [0.25, 0.3) is 0 Å². The van der Waals surface area contributed by atoms with Gasteiger partial charge in [-0.15, -0.1) is 0 Å². The summed E-state index contributed by atoms with van der Waals surface area (Å²) in [5.41, 5.74) is 0. The van der Waals surface area contributed by atoms with Crippen LogP contribution >= 0.6 is 11.8 Å². The molecule has 102 valence electrons. The first kappa shape index (κ1) is 13.7. The SMILES string of the molecule is CNC1CSCC1c1nc(CCC(F)(F)F)no1. The summed E-state index contributed by atoms with van der Waals surface area (Å²) in [6.45, 7) is 0. The van der Waals surface area contributed by atoms with Crippen molar-refractivity contribution < 1.29 is 17.7 Å². The molecule has 0 spiro atoms. The molecule has 2 heterocycles. The van der Waals surface area contributed by atoms with E-state index < -0.39 is 12.6 Å². The highest BCUT2D eigenvalue weighted by atomic mass is 32.2. The van der Waals surface area contributed by atoms with Crippen molar-refractivity contribution >= 4 is 11.8 Å². The van der Waals surface area contributed by atoms with E-state index in [2.05, 4.69) is 15.5 Å². The lowest BCUT2D eigenvalue weighted by Gasteiger charge is -2.13. The van der Waals surface area contributed by atoms with E-state index >= 15 is 0 Å². The molecule has 0 saturated carbocycles. The van der Waals surface area contributed by atoms with Crippen molar-refractivity contribution in [3.63, 3.8) is 0 Å². The Morgan fingerprint density at radius 3 is 2.89 bits per heavy atom. The number of alkyl halides is 3. The van der Waals surface area contributed by atoms with Crippen LogP contribution in [0.5, 0.6) is 0 Å². The van der Waals surface area contributed by atoms with Crippen LogP contribution in [-0.4, -0.2) is 40.9 Å². The molecular formula is C10H14F3N3OS. The molecule has 1 aromatic heterocycles. The minimum atomic E-state index is -4.18. The van der Waals surface area contributed by atoms with Gasteiger partial charge in [0.05, 0.1) is 12.3 Å². The van der Waals surface area contributed by atoms with E-state index in [9.17, 15) is 13.2 Å². The quantitative estimate of drug-likeness (QED) is 0.914. The molecule has 0 bridgehead atoms. The van der Waals surface area contributed by atoms with Crippen LogP contribution < -0.4 is 5.32 Å². The fraction of sp³-hybridized carbons (Fsp3) is 0.800. The van der Waals surface area contributed by atoms with E-state index in [0.717, 1.165) is 11.5 Å². The first-order valence-corrected chi connectivity index (χ1v) is 6.79. The van der Waals surface area contributed by atoms with E-state index in [0.29, 0.717) is 5.89 Å². The third kappa shape index (κ3) is 3.38. The Balaban J connectivity index is 1.97. The monoisotopic (exact) mass is 281 g/mol. The van der Waals surface area contributed by atoms with Gasteiger partial charge in [-0.05, 0) is 7.05 Å². The van der Waals surface area contributed by atoms with Crippen LogP contribution in [0.25, 0.3) is 0 Å². The summed E-state index contributed by atoms with van der Waals surface area (Å²) in [4.78, 5) is 4.06. The zero-order valence-electron chi connectivity index (χ0n) is 9.83. The van der Waals surface area contributed by atoms with Crippen LogP contribution in [0.4, 0.5) is 13.2 Å². The highest BCUT2D eigenvalue weighted by molar-refractivity contribution is 7.99. The third-order valence-electron chi connectivity index (χ3n) is 2.88. The molecular weight excluding hydrogens is 267 g/mol. The molecule has 1 saturated heterocycles. The standard InChI is InChI=1S/C10H14F3N3OS/c1-14-7-5-18-4-6(7)9-15-8(16-17-9)2-3-10(11,12)13/h6-7,14H,2-5H2,1H3. The van der Waals surface area contributed by atoms with Gasteiger partial charge in [-0.1, -0.05) is 5.16 Å². The van der Waals surface area contributed by atoms with E-state index in [1.807, 2.05) is 7.05 Å². The molecule has 1 N–H and O–H groups in total. The highest BCUT2D eigenvalue weighted by Gasteiger charge is 2.33. The van der Waals surface area contributed by atoms with Crippen molar-refractivity contribution in [3.05, 3.63) is 11.7 Å². The summed E-state index contributed by atoms with van der Waals surface area (Å²) in [5.74, 6) is 2.46. The van der Waals surface area contributed by atoms with Gasteiger partial charge in [0, 0.05) is 24.0 Å². The normalized spacial score (nSPS) is 24.7.